The Bertz CT molecular complexity index is 462. The molecule has 0 fully saturated rings. The fourth-order valence-electron chi connectivity index (χ4n) is 2.35. The van der Waals surface area contributed by atoms with Crippen LogP contribution in [0.25, 0.3) is 0 Å². The van der Waals surface area contributed by atoms with Crippen LogP contribution in [0.2, 0.25) is 18.1 Å². The van der Waals surface area contributed by atoms with E-state index in [0.29, 0.717) is 0 Å². The second-order valence-corrected chi connectivity index (χ2v) is 13.0. The molecule has 1 aromatic rings. The van der Waals surface area contributed by atoms with Gasteiger partial charge < -0.3 is 4.43 Å². The molecule has 0 radical (unpaired) electrons. The minimum Gasteiger partial charge on any atom is -0.543 e. The van der Waals surface area contributed by atoms with Crippen molar-refractivity contribution in [3.63, 3.8) is 0 Å². The van der Waals surface area contributed by atoms with E-state index in [2.05, 4.69) is 75.8 Å². The quantitative estimate of drug-likeness (QED) is 0.367. The zero-order valence-electron chi connectivity index (χ0n) is 15.5. The maximum atomic E-state index is 6.76. The van der Waals surface area contributed by atoms with Crippen molar-refractivity contribution in [2.45, 2.75) is 83.8 Å². The van der Waals surface area contributed by atoms with E-state index in [-0.39, 0.29) is 5.04 Å². The summed E-state index contributed by atoms with van der Waals surface area (Å²) in [5.41, 5.74) is 4.16. The molecule has 0 aliphatic heterocycles. The minimum atomic E-state index is -1.81. The predicted molar refractivity (Wildman–Crippen MR) is 105 cm³/mol. The number of hydrogen-bond acceptors (Lipinski definition) is 1. The van der Waals surface area contributed by atoms with Crippen molar-refractivity contribution in [2.24, 2.45) is 0 Å². The van der Waals surface area contributed by atoms with Crippen molar-refractivity contribution in [1.29, 1.82) is 0 Å². The maximum absolute atomic E-state index is 6.76. The normalized spacial score (nSPS) is 12.5. The van der Waals surface area contributed by atoms with Gasteiger partial charge in [-0.3, -0.25) is 0 Å². The summed E-state index contributed by atoms with van der Waals surface area (Å²) in [7, 11) is -1.81. The first-order valence-corrected chi connectivity index (χ1v) is 12.6. The number of alkyl halides is 1. The van der Waals surface area contributed by atoms with Gasteiger partial charge in [0.05, 0.1) is 0 Å². The van der Waals surface area contributed by atoms with E-state index in [4.69, 9.17) is 4.43 Å². The molecule has 0 N–H and O–H groups in total. The molecule has 1 aromatic carbocycles. The largest absolute Gasteiger partial charge is 0.543 e. The van der Waals surface area contributed by atoms with Crippen molar-refractivity contribution in [3.8, 4) is 5.75 Å². The van der Waals surface area contributed by atoms with E-state index >= 15 is 0 Å². The lowest BCUT2D eigenvalue weighted by Crippen LogP contribution is -2.44. The van der Waals surface area contributed by atoms with Crippen LogP contribution in [0.5, 0.6) is 5.75 Å². The van der Waals surface area contributed by atoms with Gasteiger partial charge in [-0.05, 0) is 47.7 Å². The van der Waals surface area contributed by atoms with Crippen LogP contribution in [0.15, 0.2) is 12.1 Å². The van der Waals surface area contributed by atoms with Crippen LogP contribution < -0.4 is 4.43 Å². The fraction of sp³-hybridized carbons (Fsp3) is 0.684. The first kappa shape index (κ1) is 19.8. The number of aryl methyl sites for hydroxylation is 2. The maximum Gasteiger partial charge on any atom is 0.250 e. The topological polar surface area (TPSA) is 9.23 Å². The second-order valence-electron chi connectivity index (χ2n) is 7.74. The van der Waals surface area contributed by atoms with Gasteiger partial charge in [-0.25, -0.2) is 0 Å². The third-order valence-electron chi connectivity index (χ3n) is 4.66. The first-order valence-electron chi connectivity index (χ1n) is 8.56. The molecule has 0 aromatic heterocycles. The molecule has 0 atom stereocenters. The van der Waals surface area contributed by atoms with Gasteiger partial charge in [-0.1, -0.05) is 75.5 Å². The molecule has 0 aliphatic rings. The molecule has 0 amide bonds. The molecule has 0 saturated heterocycles. The SMILES string of the molecule is CCCc1cc(CBr)cc(CCC)c1O[Si](C)(C)C(C)(C)C. The van der Waals surface area contributed by atoms with Crippen molar-refractivity contribution in [3.05, 3.63) is 28.8 Å². The third-order valence-corrected chi connectivity index (χ3v) is 9.63. The molecule has 3 heteroatoms. The summed E-state index contributed by atoms with van der Waals surface area (Å²) in [6.07, 6.45) is 4.51. The summed E-state index contributed by atoms with van der Waals surface area (Å²) in [5, 5.41) is 1.15. The molecule has 0 unspecified atom stereocenters. The molecule has 22 heavy (non-hydrogen) atoms. The molecule has 0 saturated carbocycles. The van der Waals surface area contributed by atoms with Crippen molar-refractivity contribution in [1.82, 2.24) is 0 Å². The summed E-state index contributed by atoms with van der Waals surface area (Å²) in [6.45, 7) is 16.1. The summed E-state index contributed by atoms with van der Waals surface area (Å²) in [4.78, 5) is 0. The Morgan fingerprint density at radius 3 is 1.77 bits per heavy atom. The molecule has 0 aliphatic carbocycles. The van der Waals surface area contributed by atoms with Crippen LogP contribution in [0, 0.1) is 0 Å². The second kappa shape index (κ2) is 8.01. The van der Waals surface area contributed by atoms with E-state index in [1.807, 2.05) is 0 Å². The average Bonchev–Trinajstić information content (AvgIpc) is 2.41. The van der Waals surface area contributed by atoms with Gasteiger partial charge in [0, 0.05) is 5.33 Å². The lowest BCUT2D eigenvalue weighted by molar-refractivity contribution is 0.480. The molecule has 126 valence electrons. The Labute approximate surface area is 147 Å². The van der Waals surface area contributed by atoms with Gasteiger partial charge in [0.25, 0.3) is 8.32 Å². The van der Waals surface area contributed by atoms with Crippen LogP contribution in [0.4, 0.5) is 0 Å². The van der Waals surface area contributed by atoms with Crippen LogP contribution in [-0.2, 0) is 18.2 Å². The van der Waals surface area contributed by atoms with Gasteiger partial charge in [0.15, 0.2) is 0 Å². The lowest BCUT2D eigenvalue weighted by Gasteiger charge is -2.38. The minimum absolute atomic E-state index is 0.230. The van der Waals surface area contributed by atoms with E-state index in [1.165, 1.54) is 22.4 Å². The Kier molecular flexibility index (Phi) is 7.19. The molecule has 1 rings (SSSR count). The summed E-state index contributed by atoms with van der Waals surface area (Å²) >= 11 is 3.61. The number of halogens is 1. The van der Waals surface area contributed by atoms with Crippen molar-refractivity contribution in [2.75, 3.05) is 0 Å². The summed E-state index contributed by atoms with van der Waals surface area (Å²) < 4.78 is 6.76. The van der Waals surface area contributed by atoms with Gasteiger partial charge in [-0.2, -0.15) is 0 Å². The zero-order valence-corrected chi connectivity index (χ0v) is 18.1. The smallest absolute Gasteiger partial charge is 0.250 e. The third kappa shape index (κ3) is 4.86. The van der Waals surface area contributed by atoms with Gasteiger partial charge >= 0.3 is 0 Å². The van der Waals surface area contributed by atoms with Crippen molar-refractivity contribution >= 4 is 24.2 Å². The molecular weight excluding hydrogens is 352 g/mol. The lowest BCUT2D eigenvalue weighted by atomic mass is 9.99. The van der Waals surface area contributed by atoms with E-state index < -0.39 is 8.32 Å². The monoisotopic (exact) mass is 384 g/mol. The number of benzene rings is 1. The number of rotatable bonds is 7. The van der Waals surface area contributed by atoms with Crippen LogP contribution in [-0.4, -0.2) is 8.32 Å². The van der Waals surface area contributed by atoms with E-state index in [1.54, 1.807) is 0 Å². The molecule has 0 spiro atoms. The highest BCUT2D eigenvalue weighted by Crippen LogP contribution is 2.40. The molecular formula is C19H33BrOSi. The molecule has 1 nitrogen and oxygen atoms in total. The van der Waals surface area contributed by atoms with E-state index in [0.717, 1.165) is 31.0 Å². The summed E-state index contributed by atoms with van der Waals surface area (Å²) in [5.74, 6) is 1.19. The first-order chi connectivity index (χ1) is 10.2. The Balaban J connectivity index is 3.35. The highest BCUT2D eigenvalue weighted by atomic mass is 79.9. The molecule has 0 heterocycles. The van der Waals surface area contributed by atoms with Gasteiger partial charge in [0.1, 0.15) is 5.75 Å². The zero-order chi connectivity index (χ0) is 17.0. The predicted octanol–water partition coefficient (Wildman–Crippen LogP) is 6.87. The Hall–Kier alpha value is -0.283. The van der Waals surface area contributed by atoms with Crippen LogP contribution in [0.1, 0.15) is 64.2 Å². The fourth-order valence-corrected chi connectivity index (χ4v) is 3.76. The van der Waals surface area contributed by atoms with Crippen LogP contribution >= 0.6 is 15.9 Å². The highest BCUT2D eigenvalue weighted by molar-refractivity contribution is 9.08. The Morgan fingerprint density at radius 1 is 1.00 bits per heavy atom. The number of hydrogen-bond donors (Lipinski definition) is 0. The van der Waals surface area contributed by atoms with Crippen LogP contribution in [0.3, 0.4) is 0 Å². The molecule has 0 bridgehead atoms. The van der Waals surface area contributed by atoms with Gasteiger partial charge in [0.2, 0.25) is 0 Å². The highest BCUT2D eigenvalue weighted by Gasteiger charge is 2.39. The summed E-state index contributed by atoms with van der Waals surface area (Å²) in [6, 6.07) is 4.67. The van der Waals surface area contributed by atoms with E-state index in [9.17, 15) is 0 Å². The average molecular weight is 385 g/mol. The van der Waals surface area contributed by atoms with Gasteiger partial charge in [-0.15, -0.1) is 0 Å². The van der Waals surface area contributed by atoms with Crippen molar-refractivity contribution < 1.29 is 4.43 Å². The standard InChI is InChI=1S/C19H33BrOSi/c1-8-10-16-12-15(14-20)13-17(11-9-2)18(16)21-22(6,7)19(3,4)5/h12-13H,8-11,14H2,1-7H3. The Morgan fingerprint density at radius 2 is 1.45 bits per heavy atom.